The second kappa shape index (κ2) is 6.21. The van der Waals surface area contributed by atoms with Gasteiger partial charge in [0.05, 0.1) is 0 Å². The van der Waals surface area contributed by atoms with Crippen LogP contribution in [0.15, 0.2) is 42.5 Å². The number of benzene rings is 2. The van der Waals surface area contributed by atoms with E-state index >= 15 is 0 Å². The molecule has 3 rings (SSSR count). The predicted molar refractivity (Wildman–Crippen MR) is 91.8 cm³/mol. The quantitative estimate of drug-likeness (QED) is 0.395. The van der Waals surface area contributed by atoms with Crippen molar-refractivity contribution in [3.8, 4) is 11.8 Å². The smallest absolute Gasteiger partial charge is 0.335 e. The lowest BCUT2D eigenvalue weighted by molar-refractivity contribution is -0.177. The van der Waals surface area contributed by atoms with Crippen LogP contribution in [0, 0.1) is 17.7 Å². The van der Waals surface area contributed by atoms with Gasteiger partial charge in [-0.05, 0) is 48.6 Å². The number of rotatable bonds is 0. The van der Waals surface area contributed by atoms with Gasteiger partial charge in [0.2, 0.25) is 5.54 Å². The Morgan fingerprint density at radius 3 is 2.56 bits per heavy atom. The van der Waals surface area contributed by atoms with E-state index in [1.807, 2.05) is 0 Å². The summed E-state index contributed by atoms with van der Waals surface area (Å²) >= 11 is 10.8. The highest BCUT2D eigenvalue weighted by molar-refractivity contribution is 7.80. The van der Waals surface area contributed by atoms with Gasteiger partial charge in [-0.15, -0.1) is 0 Å². The van der Waals surface area contributed by atoms with Crippen LogP contribution < -0.4 is 10.6 Å². The van der Waals surface area contributed by atoms with Crippen molar-refractivity contribution >= 4 is 34.6 Å². The van der Waals surface area contributed by atoms with Crippen molar-refractivity contribution in [1.29, 1.82) is 0 Å². The average molecular weight is 385 g/mol. The summed E-state index contributed by atoms with van der Waals surface area (Å²) < 4.78 is 55.2. The molecule has 0 radical (unpaired) electrons. The molecule has 1 aliphatic rings. The first-order valence-corrected chi connectivity index (χ1v) is 7.74. The summed E-state index contributed by atoms with van der Waals surface area (Å²) in [5, 5.41) is 4.76. The van der Waals surface area contributed by atoms with Crippen LogP contribution in [0.4, 0.5) is 23.2 Å². The Labute approximate surface area is 151 Å². The van der Waals surface area contributed by atoms with Crippen LogP contribution in [0.2, 0.25) is 5.02 Å². The topological polar surface area (TPSA) is 24.1 Å². The van der Waals surface area contributed by atoms with Crippen molar-refractivity contribution in [2.45, 2.75) is 11.7 Å². The standard InChI is InChI=1S/C17H9ClF4N2S/c18-11-4-5-14-13(9-11)16(17(20,21)22,24-15(25)23-14)7-6-10-2-1-3-12(19)8-10/h1-5,8-9H,(H2,23,24,25). The summed E-state index contributed by atoms with van der Waals surface area (Å²) in [5.74, 6) is 3.98. The number of halogens is 5. The van der Waals surface area contributed by atoms with Crippen LogP contribution in [0.25, 0.3) is 0 Å². The summed E-state index contributed by atoms with van der Waals surface area (Å²) in [4.78, 5) is 0. The van der Waals surface area contributed by atoms with Crippen molar-refractivity contribution in [3.63, 3.8) is 0 Å². The molecule has 1 aliphatic heterocycles. The Kier molecular flexibility index (Phi) is 4.35. The van der Waals surface area contributed by atoms with Crippen molar-refractivity contribution in [3.05, 3.63) is 64.4 Å². The second-order valence-electron chi connectivity index (χ2n) is 5.28. The Morgan fingerprint density at radius 1 is 1.12 bits per heavy atom. The van der Waals surface area contributed by atoms with Gasteiger partial charge in [0, 0.05) is 21.8 Å². The van der Waals surface area contributed by atoms with Gasteiger partial charge in [0.25, 0.3) is 0 Å². The number of anilines is 1. The van der Waals surface area contributed by atoms with Gasteiger partial charge < -0.3 is 10.6 Å². The summed E-state index contributed by atoms with van der Waals surface area (Å²) in [6, 6.07) is 9.03. The fourth-order valence-corrected chi connectivity index (χ4v) is 2.89. The maximum Gasteiger partial charge on any atom is 0.427 e. The molecule has 0 spiro atoms. The Hall–Kier alpha value is -2.30. The zero-order valence-corrected chi connectivity index (χ0v) is 13.9. The van der Waals surface area contributed by atoms with Gasteiger partial charge in [-0.3, -0.25) is 0 Å². The van der Waals surface area contributed by atoms with E-state index in [1.165, 1.54) is 36.4 Å². The number of hydrogen-bond donors (Lipinski definition) is 2. The average Bonchev–Trinajstić information content (AvgIpc) is 2.52. The summed E-state index contributed by atoms with van der Waals surface area (Å²) in [7, 11) is 0. The van der Waals surface area contributed by atoms with E-state index in [9.17, 15) is 17.6 Å². The van der Waals surface area contributed by atoms with Gasteiger partial charge in [-0.2, -0.15) is 13.2 Å². The molecule has 0 amide bonds. The van der Waals surface area contributed by atoms with Gasteiger partial charge in [0.15, 0.2) is 5.11 Å². The summed E-state index contributed by atoms with van der Waals surface area (Å²) in [5.41, 5.74) is -2.70. The van der Waals surface area contributed by atoms with Gasteiger partial charge in [-0.25, -0.2) is 4.39 Å². The molecular weight excluding hydrogens is 376 g/mol. The van der Waals surface area contributed by atoms with E-state index in [1.54, 1.807) is 0 Å². The van der Waals surface area contributed by atoms with E-state index in [0.717, 1.165) is 6.07 Å². The monoisotopic (exact) mass is 384 g/mol. The van der Waals surface area contributed by atoms with E-state index in [4.69, 9.17) is 23.8 Å². The van der Waals surface area contributed by atoms with E-state index < -0.39 is 17.5 Å². The van der Waals surface area contributed by atoms with Crippen molar-refractivity contribution in [1.82, 2.24) is 5.32 Å². The van der Waals surface area contributed by atoms with Gasteiger partial charge >= 0.3 is 6.18 Å². The highest BCUT2D eigenvalue weighted by Gasteiger charge is 2.58. The molecule has 0 fully saturated rings. The Bertz CT molecular complexity index is 917. The second-order valence-corrected chi connectivity index (χ2v) is 6.12. The minimum absolute atomic E-state index is 0.110. The third-order valence-electron chi connectivity index (χ3n) is 3.58. The lowest BCUT2D eigenvalue weighted by Crippen LogP contribution is -2.59. The molecule has 0 aliphatic carbocycles. The van der Waals surface area contributed by atoms with Gasteiger partial charge in [0.1, 0.15) is 5.82 Å². The molecule has 0 saturated heterocycles. The predicted octanol–water partition coefficient (Wildman–Crippen LogP) is 4.59. The first-order valence-electron chi connectivity index (χ1n) is 6.96. The molecule has 0 bridgehead atoms. The fourth-order valence-electron chi connectivity index (χ4n) is 2.45. The minimum atomic E-state index is -4.81. The molecule has 1 heterocycles. The van der Waals surface area contributed by atoms with Crippen LogP contribution >= 0.6 is 23.8 Å². The number of hydrogen-bond acceptors (Lipinski definition) is 1. The van der Waals surface area contributed by atoms with Crippen molar-refractivity contribution < 1.29 is 17.6 Å². The van der Waals surface area contributed by atoms with Crippen LogP contribution in [0.5, 0.6) is 0 Å². The minimum Gasteiger partial charge on any atom is -0.335 e. The Balaban J connectivity index is 2.23. The summed E-state index contributed by atoms with van der Waals surface area (Å²) in [6.07, 6.45) is -4.81. The molecule has 2 N–H and O–H groups in total. The molecular formula is C17H9ClF4N2S. The molecule has 2 aromatic rings. The van der Waals surface area contributed by atoms with Crippen LogP contribution in [-0.4, -0.2) is 11.3 Å². The maximum atomic E-state index is 14.0. The zero-order chi connectivity index (χ0) is 18.2. The van der Waals surface area contributed by atoms with E-state index in [2.05, 4.69) is 22.5 Å². The van der Waals surface area contributed by atoms with Crippen LogP contribution in [0.3, 0.4) is 0 Å². The SMILES string of the molecule is Fc1cccc(C#CC2(C(F)(F)F)NC(=S)Nc3ccc(Cl)cc32)c1. The van der Waals surface area contributed by atoms with E-state index in [0.29, 0.717) is 0 Å². The lowest BCUT2D eigenvalue weighted by Gasteiger charge is -2.38. The molecule has 2 aromatic carbocycles. The number of nitrogens with one attached hydrogen (secondary N) is 2. The molecule has 2 nitrogen and oxygen atoms in total. The lowest BCUT2D eigenvalue weighted by atomic mass is 9.86. The fraction of sp³-hybridized carbons (Fsp3) is 0.118. The first-order chi connectivity index (χ1) is 11.7. The van der Waals surface area contributed by atoms with Crippen LogP contribution in [-0.2, 0) is 5.54 Å². The van der Waals surface area contributed by atoms with Crippen molar-refractivity contribution in [2.24, 2.45) is 0 Å². The largest absolute Gasteiger partial charge is 0.427 e. The molecule has 8 heteroatoms. The maximum absolute atomic E-state index is 14.0. The molecule has 25 heavy (non-hydrogen) atoms. The third-order valence-corrected chi connectivity index (χ3v) is 4.02. The third kappa shape index (κ3) is 3.28. The first kappa shape index (κ1) is 17.5. The van der Waals surface area contributed by atoms with Crippen molar-refractivity contribution in [2.75, 3.05) is 5.32 Å². The molecule has 1 unspecified atom stereocenters. The molecule has 128 valence electrons. The number of alkyl halides is 3. The normalized spacial score (nSPS) is 19.2. The molecule has 1 atom stereocenters. The number of thiocarbonyl (C=S) groups is 1. The number of fused-ring (bicyclic) bond motifs is 1. The van der Waals surface area contributed by atoms with E-state index in [-0.39, 0.29) is 26.9 Å². The molecule has 0 aromatic heterocycles. The highest BCUT2D eigenvalue weighted by Crippen LogP contribution is 2.44. The zero-order valence-electron chi connectivity index (χ0n) is 12.3. The van der Waals surface area contributed by atoms with Gasteiger partial charge in [-0.1, -0.05) is 29.5 Å². The molecule has 0 saturated carbocycles. The highest BCUT2D eigenvalue weighted by atomic mass is 35.5. The Morgan fingerprint density at radius 2 is 1.88 bits per heavy atom. The van der Waals surface area contributed by atoms with Crippen LogP contribution in [0.1, 0.15) is 11.1 Å². The summed E-state index contributed by atoms with van der Waals surface area (Å²) in [6.45, 7) is 0.